The highest BCUT2D eigenvalue weighted by molar-refractivity contribution is 7.11. The second-order valence-electron chi connectivity index (χ2n) is 5.60. The first-order valence-corrected chi connectivity index (χ1v) is 8.69. The lowest BCUT2D eigenvalue weighted by Crippen LogP contribution is -2.37. The largest absolute Gasteiger partial charge is 0.356 e. The van der Waals surface area contributed by atoms with Gasteiger partial charge in [0.2, 0.25) is 0 Å². The van der Waals surface area contributed by atoms with Gasteiger partial charge in [0.15, 0.2) is 5.96 Å². The molecule has 23 heavy (non-hydrogen) atoms. The second-order valence-corrected chi connectivity index (χ2v) is 6.89. The molecule has 0 unspecified atom stereocenters. The zero-order chi connectivity index (χ0) is 16.8. The van der Waals surface area contributed by atoms with Crippen LogP contribution in [0.25, 0.3) is 0 Å². The lowest BCUT2D eigenvalue weighted by molar-refractivity contribution is 0.555. The average Bonchev–Trinajstić information content (AvgIpc) is 2.99. The number of nitrogens with zero attached hydrogens (tertiary/aromatic N) is 4. The number of rotatable bonds is 6. The van der Waals surface area contributed by atoms with E-state index in [4.69, 9.17) is 0 Å². The Balaban J connectivity index is 1.73. The summed E-state index contributed by atoms with van der Waals surface area (Å²) < 4.78 is 2.05. The smallest absolute Gasteiger partial charge is 0.191 e. The van der Waals surface area contributed by atoms with Gasteiger partial charge in [-0.1, -0.05) is 0 Å². The lowest BCUT2D eigenvalue weighted by Gasteiger charge is -2.11. The molecule has 2 heterocycles. The molecule has 0 aliphatic rings. The van der Waals surface area contributed by atoms with Crippen molar-refractivity contribution in [3.8, 4) is 0 Å². The van der Waals surface area contributed by atoms with Crippen molar-refractivity contribution in [1.29, 1.82) is 0 Å². The highest BCUT2D eigenvalue weighted by Crippen LogP contribution is 2.16. The molecule has 2 N–H and O–H groups in total. The van der Waals surface area contributed by atoms with E-state index in [-0.39, 0.29) is 0 Å². The summed E-state index contributed by atoms with van der Waals surface area (Å²) in [7, 11) is 1.79. The number of aliphatic imine (C=N–C) groups is 1. The fraction of sp³-hybridized carbons (Fsp3) is 0.562. The van der Waals surface area contributed by atoms with E-state index in [0.29, 0.717) is 0 Å². The van der Waals surface area contributed by atoms with Crippen LogP contribution in [0, 0.1) is 27.7 Å². The molecule has 2 aromatic rings. The van der Waals surface area contributed by atoms with Crippen LogP contribution in [0.2, 0.25) is 0 Å². The average molecular weight is 334 g/mol. The first-order chi connectivity index (χ1) is 11.0. The van der Waals surface area contributed by atoms with Gasteiger partial charge in [0, 0.05) is 30.7 Å². The van der Waals surface area contributed by atoms with Gasteiger partial charge in [-0.15, -0.1) is 11.3 Å². The van der Waals surface area contributed by atoms with Crippen molar-refractivity contribution in [2.45, 2.75) is 47.2 Å². The maximum atomic E-state index is 4.47. The van der Waals surface area contributed by atoms with Crippen LogP contribution in [-0.4, -0.2) is 34.3 Å². The van der Waals surface area contributed by atoms with Gasteiger partial charge in [0.05, 0.1) is 22.9 Å². The predicted molar refractivity (Wildman–Crippen MR) is 96.1 cm³/mol. The second kappa shape index (κ2) is 8.10. The molecule has 0 fully saturated rings. The normalized spacial score (nSPS) is 11.8. The van der Waals surface area contributed by atoms with E-state index in [1.165, 1.54) is 10.6 Å². The molecule has 0 aliphatic carbocycles. The van der Waals surface area contributed by atoms with Crippen LogP contribution in [-0.2, 0) is 13.1 Å². The zero-order valence-electron chi connectivity index (χ0n) is 14.6. The Morgan fingerprint density at radius 1 is 1.26 bits per heavy atom. The van der Waals surface area contributed by atoms with Crippen LogP contribution >= 0.6 is 11.3 Å². The third-order valence-corrected chi connectivity index (χ3v) is 4.65. The van der Waals surface area contributed by atoms with E-state index in [1.54, 1.807) is 18.4 Å². The maximum Gasteiger partial charge on any atom is 0.191 e. The topological polar surface area (TPSA) is 67.1 Å². The predicted octanol–water partition coefficient (Wildman–Crippen LogP) is 2.33. The summed E-state index contributed by atoms with van der Waals surface area (Å²) in [5, 5.41) is 12.3. The Labute approximate surface area is 142 Å². The van der Waals surface area contributed by atoms with Crippen molar-refractivity contribution in [3.05, 3.63) is 33.0 Å². The first kappa shape index (κ1) is 17.5. The summed E-state index contributed by atoms with van der Waals surface area (Å²) in [4.78, 5) is 9.96. The molecule has 126 valence electrons. The Morgan fingerprint density at radius 3 is 2.61 bits per heavy atom. The molecule has 0 spiro atoms. The molecule has 0 aromatic carbocycles. The SMILES string of the molecule is CN=C(NCCCn1nc(C)cc1C)NCc1sc(C)nc1C. The molecule has 7 heteroatoms. The number of hydrogen-bond donors (Lipinski definition) is 2. The number of nitrogens with one attached hydrogen (secondary N) is 2. The van der Waals surface area contributed by atoms with E-state index in [0.717, 1.165) is 48.4 Å². The van der Waals surface area contributed by atoms with Gasteiger partial charge in [0.25, 0.3) is 0 Å². The summed E-state index contributed by atoms with van der Waals surface area (Å²) in [5.74, 6) is 0.823. The van der Waals surface area contributed by atoms with E-state index in [1.807, 2.05) is 20.8 Å². The Kier molecular flexibility index (Phi) is 6.15. The summed E-state index contributed by atoms with van der Waals surface area (Å²) in [6, 6.07) is 2.10. The van der Waals surface area contributed by atoms with Gasteiger partial charge in [-0.25, -0.2) is 4.98 Å². The number of aryl methyl sites for hydroxylation is 5. The fourth-order valence-electron chi connectivity index (χ4n) is 2.46. The van der Waals surface area contributed by atoms with Crippen LogP contribution in [0.15, 0.2) is 11.1 Å². The number of hydrogen-bond acceptors (Lipinski definition) is 4. The van der Waals surface area contributed by atoms with Crippen molar-refractivity contribution in [2.75, 3.05) is 13.6 Å². The van der Waals surface area contributed by atoms with Crippen molar-refractivity contribution < 1.29 is 0 Å². The third kappa shape index (κ3) is 5.06. The summed E-state index contributed by atoms with van der Waals surface area (Å²) in [5.41, 5.74) is 3.38. The monoisotopic (exact) mass is 334 g/mol. The highest BCUT2D eigenvalue weighted by atomic mass is 32.1. The lowest BCUT2D eigenvalue weighted by atomic mass is 10.4. The minimum atomic E-state index is 0.758. The Morgan fingerprint density at radius 2 is 2.04 bits per heavy atom. The van der Waals surface area contributed by atoms with Gasteiger partial charge in [-0.2, -0.15) is 5.10 Å². The summed E-state index contributed by atoms with van der Waals surface area (Å²) in [6.45, 7) is 10.7. The number of guanidine groups is 1. The van der Waals surface area contributed by atoms with Gasteiger partial charge >= 0.3 is 0 Å². The Bertz CT molecular complexity index is 670. The number of aromatic nitrogens is 3. The molecule has 6 nitrogen and oxygen atoms in total. The van der Waals surface area contributed by atoms with Crippen molar-refractivity contribution in [1.82, 2.24) is 25.4 Å². The van der Waals surface area contributed by atoms with Gasteiger partial charge in [-0.3, -0.25) is 9.67 Å². The van der Waals surface area contributed by atoms with Crippen molar-refractivity contribution >= 4 is 17.3 Å². The molecular formula is C16H26N6S. The summed E-state index contributed by atoms with van der Waals surface area (Å²) in [6.07, 6.45) is 1.00. The highest BCUT2D eigenvalue weighted by Gasteiger charge is 2.06. The van der Waals surface area contributed by atoms with Gasteiger partial charge in [-0.05, 0) is 40.2 Å². The zero-order valence-corrected chi connectivity index (χ0v) is 15.4. The molecule has 0 saturated carbocycles. The fourth-order valence-corrected chi connectivity index (χ4v) is 3.34. The van der Waals surface area contributed by atoms with E-state index in [2.05, 4.69) is 43.4 Å². The molecule has 0 radical (unpaired) electrons. The quantitative estimate of drug-likeness (QED) is 0.483. The molecule has 2 aromatic heterocycles. The maximum absolute atomic E-state index is 4.47. The van der Waals surface area contributed by atoms with Crippen LogP contribution < -0.4 is 10.6 Å². The van der Waals surface area contributed by atoms with E-state index < -0.39 is 0 Å². The van der Waals surface area contributed by atoms with E-state index in [9.17, 15) is 0 Å². The van der Waals surface area contributed by atoms with Gasteiger partial charge in [0.1, 0.15) is 0 Å². The Hall–Kier alpha value is -1.89. The van der Waals surface area contributed by atoms with Crippen LogP contribution in [0.5, 0.6) is 0 Å². The van der Waals surface area contributed by atoms with Crippen LogP contribution in [0.3, 0.4) is 0 Å². The van der Waals surface area contributed by atoms with Crippen LogP contribution in [0.4, 0.5) is 0 Å². The van der Waals surface area contributed by atoms with Crippen molar-refractivity contribution in [2.24, 2.45) is 4.99 Å². The molecular weight excluding hydrogens is 308 g/mol. The molecule has 0 atom stereocenters. The van der Waals surface area contributed by atoms with Crippen molar-refractivity contribution in [3.63, 3.8) is 0 Å². The van der Waals surface area contributed by atoms with Crippen LogP contribution in [0.1, 0.15) is 33.4 Å². The molecule has 0 saturated heterocycles. The molecule has 2 rings (SSSR count). The summed E-state index contributed by atoms with van der Waals surface area (Å²) >= 11 is 1.73. The standard InChI is InChI=1S/C16H26N6S/c1-11-9-12(2)22(21-11)8-6-7-18-16(17-5)19-10-15-13(3)20-14(4)23-15/h9H,6-8,10H2,1-5H3,(H2,17,18,19). The third-order valence-electron chi connectivity index (χ3n) is 3.58. The van der Waals surface area contributed by atoms with E-state index >= 15 is 0 Å². The molecule has 0 bridgehead atoms. The molecule has 0 aliphatic heterocycles. The number of thiazole rings is 1. The minimum absolute atomic E-state index is 0.758. The molecule has 0 amide bonds. The first-order valence-electron chi connectivity index (χ1n) is 7.88. The van der Waals surface area contributed by atoms with Gasteiger partial charge < -0.3 is 10.6 Å². The minimum Gasteiger partial charge on any atom is -0.356 e.